The van der Waals surface area contributed by atoms with Crippen LogP contribution in [-0.4, -0.2) is 34.5 Å². The molecule has 0 fully saturated rings. The molecule has 5 rings (SSSR count). The summed E-state index contributed by atoms with van der Waals surface area (Å²) in [7, 11) is 1.34. The van der Waals surface area contributed by atoms with E-state index in [0.29, 0.717) is 50.4 Å². The average Bonchev–Trinajstić information content (AvgIpc) is 3.42. The summed E-state index contributed by atoms with van der Waals surface area (Å²) in [5.74, 6) is 0.987. The first kappa shape index (κ1) is 26.9. The fraction of sp³-hybridized carbons (Fsp3) is 0.179. The van der Waals surface area contributed by atoms with Gasteiger partial charge in [0.1, 0.15) is 19.0 Å². The number of methoxy groups -OCH3 is 1. The molecule has 1 atom stereocenters. The Morgan fingerprint density at radius 3 is 2.49 bits per heavy atom. The van der Waals surface area contributed by atoms with E-state index in [9.17, 15) is 4.79 Å². The van der Waals surface area contributed by atoms with Gasteiger partial charge >= 0.3 is 5.97 Å². The highest BCUT2D eigenvalue weighted by molar-refractivity contribution is 6.42. The molecular formula is C28H23Cl3N4O4. The Morgan fingerprint density at radius 1 is 0.974 bits per heavy atom. The van der Waals surface area contributed by atoms with Gasteiger partial charge in [0.15, 0.2) is 11.5 Å². The Morgan fingerprint density at radius 2 is 1.77 bits per heavy atom. The van der Waals surface area contributed by atoms with E-state index in [2.05, 4.69) is 15.4 Å². The molecule has 1 aliphatic rings. The molecule has 2 heterocycles. The average molecular weight is 586 g/mol. The minimum atomic E-state index is -0.662. The number of carbonyl (C=O) groups excluding carboxylic acids is 1. The molecule has 0 spiro atoms. The normalized spacial score (nSPS) is 14.4. The number of nitrogens with zero attached hydrogens (tertiary/aromatic N) is 3. The molecule has 0 radical (unpaired) electrons. The number of hydrogen-bond acceptors (Lipinski definition) is 7. The van der Waals surface area contributed by atoms with Crippen LogP contribution in [0.15, 0.2) is 72.6 Å². The summed E-state index contributed by atoms with van der Waals surface area (Å²) in [5.41, 5.74) is 3.21. The Labute approximate surface area is 240 Å². The van der Waals surface area contributed by atoms with E-state index in [0.717, 1.165) is 16.7 Å². The number of nitrogens with one attached hydrogen (secondary N) is 1. The number of rotatable bonds is 8. The maximum absolute atomic E-state index is 13.2. The van der Waals surface area contributed by atoms with Crippen LogP contribution in [0.3, 0.4) is 0 Å². The summed E-state index contributed by atoms with van der Waals surface area (Å²) in [5, 5.41) is 9.12. The van der Waals surface area contributed by atoms with Gasteiger partial charge in [0.25, 0.3) is 0 Å². The number of benzene rings is 3. The molecule has 0 bridgehead atoms. The Hall–Kier alpha value is -3.72. The molecule has 8 nitrogen and oxygen atoms in total. The first-order chi connectivity index (χ1) is 18.9. The van der Waals surface area contributed by atoms with E-state index in [4.69, 9.17) is 49.0 Å². The van der Waals surface area contributed by atoms with Crippen LogP contribution < -0.4 is 14.8 Å². The van der Waals surface area contributed by atoms with Gasteiger partial charge in [0.2, 0.25) is 5.95 Å². The predicted molar refractivity (Wildman–Crippen MR) is 151 cm³/mol. The Balaban J connectivity index is 1.57. The zero-order chi connectivity index (χ0) is 27.5. The van der Waals surface area contributed by atoms with E-state index in [1.54, 1.807) is 35.0 Å². The molecule has 1 N–H and O–H groups in total. The number of fused-ring (bicyclic) bond motifs is 1. The number of hydrogen-bond donors (Lipinski definition) is 1. The van der Waals surface area contributed by atoms with E-state index < -0.39 is 12.0 Å². The topological polar surface area (TPSA) is 87.5 Å². The van der Waals surface area contributed by atoms with Crippen LogP contribution in [0.2, 0.25) is 15.1 Å². The molecule has 1 aromatic heterocycles. The number of anilines is 1. The Kier molecular flexibility index (Phi) is 7.97. The lowest BCUT2D eigenvalue weighted by Gasteiger charge is -2.29. The molecule has 0 unspecified atom stereocenters. The van der Waals surface area contributed by atoms with Crippen LogP contribution in [0, 0.1) is 0 Å². The smallest absolute Gasteiger partial charge is 0.338 e. The van der Waals surface area contributed by atoms with E-state index in [1.165, 1.54) is 13.4 Å². The molecule has 1 aliphatic heterocycles. The molecule has 200 valence electrons. The predicted octanol–water partition coefficient (Wildman–Crippen LogP) is 6.82. The van der Waals surface area contributed by atoms with Gasteiger partial charge in [-0.1, -0.05) is 59.1 Å². The molecule has 0 saturated carbocycles. The van der Waals surface area contributed by atoms with E-state index in [-0.39, 0.29) is 6.61 Å². The minimum absolute atomic E-state index is 0.255. The number of carbonyl (C=O) groups is 1. The van der Waals surface area contributed by atoms with Gasteiger partial charge < -0.3 is 19.5 Å². The van der Waals surface area contributed by atoms with E-state index in [1.807, 2.05) is 37.3 Å². The summed E-state index contributed by atoms with van der Waals surface area (Å²) < 4.78 is 18.9. The van der Waals surface area contributed by atoms with Gasteiger partial charge in [-0.3, -0.25) is 0 Å². The summed E-state index contributed by atoms with van der Waals surface area (Å²) in [4.78, 5) is 17.6. The van der Waals surface area contributed by atoms with Crippen LogP contribution in [0.4, 0.5) is 5.95 Å². The van der Waals surface area contributed by atoms with Crippen molar-refractivity contribution in [3.63, 3.8) is 0 Å². The van der Waals surface area contributed by atoms with Crippen molar-refractivity contribution in [2.75, 3.05) is 19.0 Å². The molecular weight excluding hydrogens is 563 g/mol. The highest BCUT2D eigenvalue weighted by Gasteiger charge is 2.36. The van der Waals surface area contributed by atoms with Crippen molar-refractivity contribution in [2.45, 2.75) is 19.6 Å². The third-order valence-corrected chi connectivity index (χ3v) is 7.09. The molecule has 0 aliphatic carbocycles. The van der Waals surface area contributed by atoms with Gasteiger partial charge in [-0.25, -0.2) is 9.48 Å². The van der Waals surface area contributed by atoms with Gasteiger partial charge in [-0.15, -0.1) is 0 Å². The van der Waals surface area contributed by atoms with E-state index >= 15 is 0 Å². The third kappa shape index (κ3) is 5.54. The van der Waals surface area contributed by atoms with Gasteiger partial charge in [0.05, 0.1) is 35.0 Å². The summed E-state index contributed by atoms with van der Waals surface area (Å²) >= 11 is 18.3. The second-order valence-electron chi connectivity index (χ2n) is 8.52. The second kappa shape index (κ2) is 11.6. The number of esters is 1. The highest BCUT2D eigenvalue weighted by Crippen LogP contribution is 2.41. The molecule has 11 heteroatoms. The lowest BCUT2D eigenvalue weighted by Crippen LogP contribution is -2.29. The fourth-order valence-corrected chi connectivity index (χ4v) is 4.76. The SMILES string of the molecule is CCOc1cc([C@@H]2C(C(=O)OC)=C(c3ccc(Cl)cc3)Nc3ncnn32)ccc1OCc1ccc(Cl)c(Cl)c1. The maximum Gasteiger partial charge on any atom is 0.338 e. The number of aromatic nitrogens is 3. The van der Waals surface area contributed by atoms with Crippen molar-refractivity contribution in [3.05, 3.63) is 104 Å². The van der Waals surface area contributed by atoms with Crippen LogP contribution in [0.25, 0.3) is 5.70 Å². The summed E-state index contributed by atoms with van der Waals surface area (Å²) in [6.45, 7) is 2.54. The summed E-state index contributed by atoms with van der Waals surface area (Å²) in [6.07, 6.45) is 1.42. The second-order valence-corrected chi connectivity index (χ2v) is 9.77. The molecule has 4 aromatic rings. The van der Waals surface area contributed by atoms with Crippen molar-refractivity contribution in [1.29, 1.82) is 0 Å². The standard InChI is InChI=1S/C28H23Cl3N4O4/c1-3-38-23-13-18(7-11-22(23)39-14-16-4-10-20(30)21(31)12-16)26-24(27(36)37-2)25(17-5-8-19(29)9-6-17)34-28-32-15-33-35(26)28/h4-13,15,26H,3,14H2,1-2H3,(H,32,33,34)/t26-/m1/s1. The molecule has 0 saturated heterocycles. The van der Waals surface area contributed by atoms with Gasteiger partial charge in [-0.05, 0) is 60.0 Å². The fourth-order valence-electron chi connectivity index (χ4n) is 4.32. The van der Waals surface area contributed by atoms with Crippen molar-refractivity contribution in [1.82, 2.24) is 14.8 Å². The zero-order valence-corrected chi connectivity index (χ0v) is 23.2. The zero-order valence-electron chi connectivity index (χ0n) is 21.0. The van der Waals surface area contributed by atoms with Crippen LogP contribution in [0.1, 0.15) is 29.7 Å². The van der Waals surface area contributed by atoms with Crippen LogP contribution in [0.5, 0.6) is 11.5 Å². The highest BCUT2D eigenvalue weighted by atomic mass is 35.5. The maximum atomic E-state index is 13.2. The number of halogens is 3. The largest absolute Gasteiger partial charge is 0.490 e. The molecule has 0 amide bonds. The molecule has 3 aromatic carbocycles. The lowest BCUT2D eigenvalue weighted by atomic mass is 9.92. The van der Waals surface area contributed by atoms with Crippen molar-refractivity contribution in [2.24, 2.45) is 0 Å². The van der Waals surface area contributed by atoms with Crippen LogP contribution in [-0.2, 0) is 16.1 Å². The van der Waals surface area contributed by atoms with Crippen molar-refractivity contribution in [3.8, 4) is 11.5 Å². The quantitative estimate of drug-likeness (QED) is 0.227. The summed E-state index contributed by atoms with van der Waals surface area (Å²) in [6, 6.07) is 17.3. The minimum Gasteiger partial charge on any atom is -0.490 e. The van der Waals surface area contributed by atoms with Crippen LogP contribution >= 0.6 is 34.8 Å². The third-order valence-electron chi connectivity index (χ3n) is 6.10. The van der Waals surface area contributed by atoms with Gasteiger partial charge in [0, 0.05) is 5.02 Å². The Bertz CT molecular complexity index is 1550. The lowest BCUT2D eigenvalue weighted by molar-refractivity contribution is -0.136. The monoisotopic (exact) mass is 584 g/mol. The number of ether oxygens (including phenoxy) is 3. The van der Waals surface area contributed by atoms with Crippen molar-refractivity contribution < 1.29 is 19.0 Å². The first-order valence-corrected chi connectivity index (χ1v) is 13.1. The van der Waals surface area contributed by atoms with Gasteiger partial charge in [-0.2, -0.15) is 10.1 Å². The first-order valence-electron chi connectivity index (χ1n) is 12.0. The van der Waals surface area contributed by atoms with Crippen molar-refractivity contribution >= 4 is 52.4 Å². The molecule has 39 heavy (non-hydrogen) atoms.